The molecule has 0 radical (unpaired) electrons. The summed E-state index contributed by atoms with van der Waals surface area (Å²) in [7, 11) is 0. The van der Waals surface area contributed by atoms with Crippen LogP contribution < -0.4 is 4.74 Å². The Morgan fingerprint density at radius 2 is 2.00 bits per heavy atom. The molecule has 0 fully saturated rings. The van der Waals surface area contributed by atoms with Gasteiger partial charge in [0.25, 0.3) is 0 Å². The summed E-state index contributed by atoms with van der Waals surface area (Å²) in [6.07, 6.45) is -4.49. The van der Waals surface area contributed by atoms with Crippen molar-refractivity contribution in [2.75, 3.05) is 6.61 Å². The molecule has 6 heteroatoms. The molecule has 0 saturated heterocycles. The Morgan fingerprint density at radius 1 is 1.41 bits per heavy atom. The molecule has 0 aliphatic rings. The van der Waals surface area contributed by atoms with E-state index in [9.17, 15) is 18.0 Å². The van der Waals surface area contributed by atoms with E-state index >= 15 is 0 Å². The zero-order chi connectivity index (χ0) is 13.2. The Hall–Kier alpha value is -0.790. The SMILES string of the molecule is CCOc1cc(C(F)(F)F)cc(C(C)=O)c1I. The number of halogens is 4. The smallest absolute Gasteiger partial charge is 0.416 e. The highest BCUT2D eigenvalue weighted by molar-refractivity contribution is 14.1. The van der Waals surface area contributed by atoms with E-state index in [1.165, 1.54) is 6.92 Å². The molecule has 0 heterocycles. The predicted molar refractivity (Wildman–Crippen MR) is 65.3 cm³/mol. The van der Waals surface area contributed by atoms with Crippen LogP contribution in [0.15, 0.2) is 12.1 Å². The molecule has 1 rings (SSSR count). The maximum absolute atomic E-state index is 12.6. The summed E-state index contributed by atoms with van der Waals surface area (Å²) in [5.41, 5.74) is -0.838. The van der Waals surface area contributed by atoms with E-state index in [-0.39, 0.29) is 17.9 Å². The summed E-state index contributed by atoms with van der Waals surface area (Å²) in [6, 6.07) is 1.77. The number of hydrogen-bond acceptors (Lipinski definition) is 2. The number of ether oxygens (including phenoxy) is 1. The van der Waals surface area contributed by atoms with Gasteiger partial charge in [-0.25, -0.2) is 0 Å². The molecule has 1 aromatic carbocycles. The lowest BCUT2D eigenvalue weighted by Crippen LogP contribution is -2.10. The van der Waals surface area contributed by atoms with Crippen LogP contribution in [0.1, 0.15) is 29.8 Å². The van der Waals surface area contributed by atoms with Crippen LogP contribution in [0.2, 0.25) is 0 Å². The molecular formula is C11H10F3IO2. The van der Waals surface area contributed by atoms with Crippen molar-refractivity contribution < 1.29 is 22.7 Å². The fraction of sp³-hybridized carbons (Fsp3) is 0.364. The van der Waals surface area contributed by atoms with Crippen LogP contribution in [-0.2, 0) is 6.18 Å². The largest absolute Gasteiger partial charge is 0.493 e. The van der Waals surface area contributed by atoms with Crippen molar-refractivity contribution in [2.24, 2.45) is 0 Å². The molecule has 0 atom stereocenters. The number of rotatable bonds is 3. The number of Topliss-reactive ketones (excluding diaryl/α,β-unsaturated/α-hetero) is 1. The summed E-state index contributed by atoms with van der Waals surface area (Å²) in [4.78, 5) is 11.3. The lowest BCUT2D eigenvalue weighted by Gasteiger charge is -2.13. The summed E-state index contributed by atoms with van der Waals surface area (Å²) in [6.45, 7) is 3.14. The maximum Gasteiger partial charge on any atom is 0.416 e. The van der Waals surface area contributed by atoms with Crippen molar-refractivity contribution in [3.05, 3.63) is 26.8 Å². The molecule has 0 spiro atoms. The number of alkyl halides is 3. The average molecular weight is 358 g/mol. The van der Waals surface area contributed by atoms with Gasteiger partial charge in [-0.2, -0.15) is 13.2 Å². The van der Waals surface area contributed by atoms with Gasteiger partial charge in [0.2, 0.25) is 0 Å². The van der Waals surface area contributed by atoms with Crippen molar-refractivity contribution in [1.82, 2.24) is 0 Å². The Bertz CT molecular complexity index is 441. The standard InChI is InChI=1S/C11H10F3IO2/c1-3-17-9-5-7(11(12,13)14)4-8(6(2)16)10(9)15/h4-5H,3H2,1-2H3. The number of benzene rings is 1. The third kappa shape index (κ3) is 3.34. The van der Waals surface area contributed by atoms with Gasteiger partial charge in [0.05, 0.1) is 15.7 Å². The van der Waals surface area contributed by atoms with Crippen LogP contribution >= 0.6 is 22.6 Å². The molecule has 0 bridgehead atoms. The third-order valence-electron chi connectivity index (χ3n) is 2.05. The molecule has 0 unspecified atom stereocenters. The summed E-state index contributed by atoms with van der Waals surface area (Å²) in [5.74, 6) is -0.324. The molecule has 0 N–H and O–H groups in total. The van der Waals surface area contributed by atoms with Gasteiger partial charge in [0, 0.05) is 5.56 Å². The Kier molecular flexibility index (Phi) is 4.40. The lowest BCUT2D eigenvalue weighted by molar-refractivity contribution is -0.137. The van der Waals surface area contributed by atoms with E-state index in [1.54, 1.807) is 6.92 Å². The summed E-state index contributed by atoms with van der Waals surface area (Å²) in [5, 5.41) is 0. The number of carbonyl (C=O) groups excluding carboxylic acids is 1. The highest BCUT2D eigenvalue weighted by atomic mass is 127. The zero-order valence-corrected chi connectivity index (χ0v) is 11.3. The Labute approximate surface area is 110 Å². The molecule has 0 aliphatic carbocycles. The van der Waals surface area contributed by atoms with Gasteiger partial charge < -0.3 is 4.74 Å². The fourth-order valence-electron chi connectivity index (χ4n) is 1.28. The van der Waals surface area contributed by atoms with Crippen molar-refractivity contribution in [1.29, 1.82) is 0 Å². The van der Waals surface area contributed by atoms with Crippen molar-refractivity contribution in [3.63, 3.8) is 0 Å². The summed E-state index contributed by atoms with van der Waals surface area (Å²) < 4.78 is 43.4. The van der Waals surface area contributed by atoms with Gasteiger partial charge in [-0.15, -0.1) is 0 Å². The van der Waals surface area contributed by atoms with Crippen molar-refractivity contribution in [3.8, 4) is 5.75 Å². The van der Waals surface area contributed by atoms with Crippen molar-refractivity contribution >= 4 is 28.4 Å². The first kappa shape index (κ1) is 14.3. The second kappa shape index (κ2) is 5.24. The first-order chi connectivity index (χ1) is 7.77. The number of hydrogen-bond donors (Lipinski definition) is 0. The van der Waals surface area contributed by atoms with Crippen molar-refractivity contribution in [2.45, 2.75) is 20.0 Å². The lowest BCUT2D eigenvalue weighted by atomic mass is 10.1. The van der Waals surface area contributed by atoms with E-state index < -0.39 is 17.5 Å². The monoisotopic (exact) mass is 358 g/mol. The van der Waals surface area contributed by atoms with E-state index in [0.717, 1.165) is 12.1 Å². The van der Waals surface area contributed by atoms with Gasteiger partial charge in [-0.05, 0) is 48.6 Å². The fourth-order valence-corrected chi connectivity index (χ4v) is 2.13. The normalized spacial score (nSPS) is 11.4. The van der Waals surface area contributed by atoms with Crippen LogP contribution in [0.5, 0.6) is 5.75 Å². The quantitative estimate of drug-likeness (QED) is 0.605. The third-order valence-corrected chi connectivity index (χ3v) is 3.16. The molecular weight excluding hydrogens is 348 g/mol. The minimum Gasteiger partial charge on any atom is -0.493 e. The molecule has 0 aliphatic heterocycles. The highest BCUT2D eigenvalue weighted by Gasteiger charge is 2.32. The first-order valence-corrected chi connectivity index (χ1v) is 5.89. The minimum atomic E-state index is -4.49. The second-order valence-electron chi connectivity index (χ2n) is 3.32. The predicted octanol–water partition coefficient (Wildman–Crippen LogP) is 3.91. The van der Waals surface area contributed by atoms with Crippen LogP contribution in [-0.4, -0.2) is 12.4 Å². The van der Waals surface area contributed by atoms with Crippen LogP contribution in [0.3, 0.4) is 0 Å². The summed E-state index contributed by atoms with van der Waals surface area (Å²) >= 11 is 1.81. The van der Waals surface area contributed by atoms with Gasteiger partial charge in [-0.1, -0.05) is 0 Å². The van der Waals surface area contributed by atoms with Gasteiger partial charge in [0.15, 0.2) is 5.78 Å². The average Bonchev–Trinajstić information content (AvgIpc) is 2.19. The molecule has 94 valence electrons. The first-order valence-electron chi connectivity index (χ1n) is 4.81. The molecule has 0 amide bonds. The van der Waals surface area contributed by atoms with E-state index in [1.807, 2.05) is 22.6 Å². The minimum absolute atomic E-state index is 0.0314. The molecule has 0 aromatic heterocycles. The number of carbonyl (C=O) groups is 1. The topological polar surface area (TPSA) is 26.3 Å². The van der Waals surface area contributed by atoms with Crippen LogP contribution in [0, 0.1) is 3.57 Å². The maximum atomic E-state index is 12.6. The molecule has 2 nitrogen and oxygen atoms in total. The van der Waals surface area contributed by atoms with Gasteiger partial charge in [-0.3, -0.25) is 4.79 Å². The Morgan fingerprint density at radius 3 is 2.41 bits per heavy atom. The van der Waals surface area contributed by atoms with Crippen LogP contribution in [0.4, 0.5) is 13.2 Å². The van der Waals surface area contributed by atoms with Crippen LogP contribution in [0.25, 0.3) is 0 Å². The molecule has 17 heavy (non-hydrogen) atoms. The molecule has 1 aromatic rings. The number of ketones is 1. The van der Waals surface area contributed by atoms with Gasteiger partial charge in [0.1, 0.15) is 5.75 Å². The highest BCUT2D eigenvalue weighted by Crippen LogP contribution is 2.35. The van der Waals surface area contributed by atoms with Gasteiger partial charge >= 0.3 is 6.18 Å². The Balaban J connectivity index is 3.42. The molecule has 0 saturated carbocycles. The van der Waals surface area contributed by atoms with E-state index in [4.69, 9.17) is 4.74 Å². The second-order valence-corrected chi connectivity index (χ2v) is 4.40. The van der Waals surface area contributed by atoms with E-state index in [0.29, 0.717) is 3.57 Å². The zero-order valence-electron chi connectivity index (χ0n) is 9.19. The van der Waals surface area contributed by atoms with E-state index in [2.05, 4.69) is 0 Å².